The second-order valence-electron chi connectivity index (χ2n) is 3.04. The van der Waals surface area contributed by atoms with Crippen molar-refractivity contribution in [3.05, 3.63) is 21.9 Å². The second kappa shape index (κ2) is 4.82. The number of aryl methyl sites for hydroxylation is 1. The summed E-state index contributed by atoms with van der Waals surface area (Å²) >= 11 is 1.56. The molecule has 1 aromatic heterocycles. The van der Waals surface area contributed by atoms with E-state index in [1.54, 1.807) is 18.3 Å². The van der Waals surface area contributed by atoms with Crippen LogP contribution in [0, 0.1) is 18.8 Å². The Balaban J connectivity index is 2.69. The van der Waals surface area contributed by atoms with Crippen LogP contribution in [0.25, 0.3) is 0 Å². The molecule has 0 saturated carbocycles. The molecule has 0 fully saturated rings. The average molecular weight is 224 g/mol. The minimum Gasteiger partial charge on any atom is -0.350 e. The van der Waals surface area contributed by atoms with Gasteiger partial charge in [-0.1, -0.05) is 11.8 Å². The zero-order valence-corrected chi connectivity index (χ0v) is 9.34. The van der Waals surface area contributed by atoms with Crippen molar-refractivity contribution >= 4 is 17.4 Å². The number of hydroxylamine groups is 2. The molecule has 0 saturated heterocycles. The van der Waals surface area contributed by atoms with Gasteiger partial charge in [0, 0.05) is 4.88 Å². The Hall–Kier alpha value is -1.51. The fraction of sp³-hybridized carbons (Fsp3) is 0.300. The van der Waals surface area contributed by atoms with Gasteiger partial charge in [-0.25, -0.2) is 4.79 Å². The summed E-state index contributed by atoms with van der Waals surface area (Å²) in [5.74, 6) is 5.59. The molecule has 1 aromatic rings. The molecule has 2 amide bonds. The monoisotopic (exact) mass is 224 g/mol. The number of carbonyl (C=O) groups is 1. The smallest absolute Gasteiger partial charge is 0.339 e. The van der Waals surface area contributed by atoms with E-state index in [1.165, 1.54) is 4.88 Å². The topological polar surface area (TPSA) is 66.6 Å². The van der Waals surface area contributed by atoms with Crippen LogP contribution in [0.15, 0.2) is 12.1 Å². The number of urea groups is 1. The highest BCUT2D eigenvalue weighted by Gasteiger charge is 2.11. The highest BCUT2D eigenvalue weighted by molar-refractivity contribution is 7.12. The highest BCUT2D eigenvalue weighted by atomic mass is 32.1. The summed E-state index contributed by atoms with van der Waals surface area (Å²) in [6, 6.07) is 2.35. The van der Waals surface area contributed by atoms with Crippen molar-refractivity contribution in [2.75, 3.05) is 0 Å². The van der Waals surface area contributed by atoms with E-state index in [1.807, 2.05) is 19.1 Å². The molecule has 0 aromatic carbocycles. The molecule has 0 aliphatic carbocycles. The molecule has 4 nitrogen and oxygen atoms in total. The van der Waals surface area contributed by atoms with Gasteiger partial charge < -0.3 is 5.73 Å². The van der Waals surface area contributed by atoms with Crippen LogP contribution in [-0.2, 0) is 0 Å². The summed E-state index contributed by atoms with van der Waals surface area (Å²) in [7, 11) is 0. The maximum atomic E-state index is 10.6. The summed E-state index contributed by atoms with van der Waals surface area (Å²) < 4.78 is 0. The van der Waals surface area contributed by atoms with Gasteiger partial charge in [-0.15, -0.1) is 11.3 Å². The predicted octanol–water partition coefficient (Wildman–Crippen LogP) is 1.57. The van der Waals surface area contributed by atoms with E-state index in [4.69, 9.17) is 10.9 Å². The van der Waals surface area contributed by atoms with Gasteiger partial charge in [-0.3, -0.25) is 5.21 Å². The Bertz CT molecular complexity index is 417. The van der Waals surface area contributed by atoms with E-state index in [-0.39, 0.29) is 0 Å². The molecule has 0 aliphatic rings. The number of primary amides is 1. The first-order chi connectivity index (χ1) is 7.00. The molecule has 0 bridgehead atoms. The molecule has 15 heavy (non-hydrogen) atoms. The lowest BCUT2D eigenvalue weighted by Gasteiger charge is -2.14. The third-order valence-corrected chi connectivity index (χ3v) is 2.65. The van der Waals surface area contributed by atoms with Gasteiger partial charge in [0.2, 0.25) is 0 Å². The van der Waals surface area contributed by atoms with Gasteiger partial charge in [0.15, 0.2) is 0 Å². The first-order valence-corrected chi connectivity index (χ1v) is 5.18. The van der Waals surface area contributed by atoms with Crippen LogP contribution in [0.1, 0.15) is 16.7 Å². The lowest BCUT2D eigenvalue weighted by atomic mass is 10.3. The summed E-state index contributed by atoms with van der Waals surface area (Å²) in [5, 5.41) is 9.55. The van der Waals surface area contributed by atoms with Crippen LogP contribution in [-0.4, -0.2) is 22.3 Å². The molecule has 1 heterocycles. The zero-order valence-electron chi connectivity index (χ0n) is 8.52. The molecule has 0 aliphatic heterocycles. The van der Waals surface area contributed by atoms with Gasteiger partial charge in [0.1, 0.15) is 6.04 Å². The van der Waals surface area contributed by atoms with Crippen LogP contribution in [0.2, 0.25) is 0 Å². The Morgan fingerprint density at radius 3 is 2.80 bits per heavy atom. The van der Waals surface area contributed by atoms with E-state index in [2.05, 4.69) is 11.8 Å². The van der Waals surface area contributed by atoms with Gasteiger partial charge in [-0.05, 0) is 26.0 Å². The first-order valence-electron chi connectivity index (χ1n) is 4.36. The molecule has 1 rings (SSSR count). The van der Waals surface area contributed by atoms with Crippen LogP contribution in [0.5, 0.6) is 0 Å². The van der Waals surface area contributed by atoms with Crippen molar-refractivity contribution in [3.8, 4) is 11.8 Å². The standard InChI is InChI=1S/C10H12N2O2S/c1-7(12(14)10(11)13)3-5-9-6-4-8(2)15-9/h4,6-7,14H,1-2H3,(H2,11,13). The number of carbonyl (C=O) groups excluding carboxylic acids is 1. The van der Waals surface area contributed by atoms with E-state index < -0.39 is 12.1 Å². The molecule has 5 heteroatoms. The van der Waals surface area contributed by atoms with Crippen molar-refractivity contribution in [2.45, 2.75) is 19.9 Å². The number of hydrogen-bond acceptors (Lipinski definition) is 3. The summed E-state index contributed by atoms with van der Waals surface area (Å²) in [6.07, 6.45) is 0. The Morgan fingerprint density at radius 2 is 2.33 bits per heavy atom. The van der Waals surface area contributed by atoms with E-state index in [9.17, 15) is 4.79 Å². The lowest BCUT2D eigenvalue weighted by molar-refractivity contribution is -0.0536. The molecule has 1 atom stereocenters. The second-order valence-corrected chi connectivity index (χ2v) is 4.33. The molecule has 0 spiro atoms. The molecular weight excluding hydrogens is 212 g/mol. The van der Waals surface area contributed by atoms with Crippen molar-refractivity contribution in [2.24, 2.45) is 5.73 Å². The summed E-state index contributed by atoms with van der Waals surface area (Å²) in [4.78, 5) is 12.7. The third kappa shape index (κ3) is 3.27. The van der Waals surface area contributed by atoms with Crippen molar-refractivity contribution in [1.29, 1.82) is 0 Å². The fourth-order valence-corrected chi connectivity index (χ4v) is 1.66. The lowest BCUT2D eigenvalue weighted by Crippen LogP contribution is -2.38. The Labute approximate surface area is 92.3 Å². The predicted molar refractivity (Wildman–Crippen MR) is 58.6 cm³/mol. The molecule has 3 N–H and O–H groups in total. The normalized spacial score (nSPS) is 11.4. The fourth-order valence-electron chi connectivity index (χ4n) is 0.929. The number of hydrogen-bond donors (Lipinski definition) is 2. The Morgan fingerprint density at radius 1 is 1.67 bits per heavy atom. The van der Waals surface area contributed by atoms with Gasteiger partial charge in [-0.2, -0.15) is 5.06 Å². The van der Waals surface area contributed by atoms with Crippen LogP contribution in [0.4, 0.5) is 4.79 Å². The third-order valence-electron chi connectivity index (χ3n) is 1.74. The molecular formula is C10H12N2O2S. The molecule has 1 unspecified atom stereocenters. The number of nitrogens with zero attached hydrogens (tertiary/aromatic N) is 1. The van der Waals surface area contributed by atoms with Crippen molar-refractivity contribution in [1.82, 2.24) is 5.06 Å². The largest absolute Gasteiger partial charge is 0.350 e. The number of rotatable bonds is 1. The first kappa shape index (κ1) is 11.6. The molecule has 80 valence electrons. The Kier molecular flexibility index (Phi) is 3.72. The van der Waals surface area contributed by atoms with Crippen molar-refractivity contribution < 1.29 is 10.0 Å². The maximum Gasteiger partial charge on any atom is 0.339 e. The van der Waals surface area contributed by atoms with Gasteiger partial charge in [0.25, 0.3) is 0 Å². The maximum absolute atomic E-state index is 10.6. The number of amides is 2. The van der Waals surface area contributed by atoms with E-state index in [0.29, 0.717) is 5.06 Å². The average Bonchev–Trinajstić information content (AvgIpc) is 2.59. The SMILES string of the molecule is Cc1ccc(C#CC(C)N(O)C(N)=O)s1. The zero-order chi connectivity index (χ0) is 11.4. The minimum atomic E-state index is -0.904. The van der Waals surface area contributed by atoms with E-state index >= 15 is 0 Å². The van der Waals surface area contributed by atoms with Crippen molar-refractivity contribution in [3.63, 3.8) is 0 Å². The number of thiophene rings is 1. The summed E-state index contributed by atoms with van der Waals surface area (Å²) in [6.45, 7) is 3.58. The highest BCUT2D eigenvalue weighted by Crippen LogP contribution is 2.13. The summed E-state index contributed by atoms with van der Waals surface area (Å²) in [5.41, 5.74) is 4.88. The number of nitrogens with two attached hydrogens (primary N) is 1. The van der Waals surface area contributed by atoms with Crippen LogP contribution < -0.4 is 5.73 Å². The quantitative estimate of drug-likeness (QED) is 0.432. The van der Waals surface area contributed by atoms with Crippen LogP contribution >= 0.6 is 11.3 Å². The molecule has 0 radical (unpaired) electrons. The van der Waals surface area contributed by atoms with E-state index in [0.717, 1.165) is 4.88 Å². The minimum absolute atomic E-state index is 0.410. The van der Waals surface area contributed by atoms with Gasteiger partial charge >= 0.3 is 6.03 Å². The van der Waals surface area contributed by atoms with Gasteiger partial charge in [0.05, 0.1) is 4.88 Å². The van der Waals surface area contributed by atoms with Crippen LogP contribution in [0.3, 0.4) is 0 Å².